The fraction of sp³-hybridized carbons (Fsp3) is 0.467. The Morgan fingerprint density at radius 1 is 1.37 bits per heavy atom. The largest absolute Gasteiger partial charge is 0.392 e. The van der Waals surface area contributed by atoms with Gasteiger partial charge in [0.15, 0.2) is 0 Å². The van der Waals surface area contributed by atoms with Crippen molar-refractivity contribution in [2.24, 2.45) is 0 Å². The maximum absolute atomic E-state index is 9.42. The van der Waals surface area contributed by atoms with Crippen LogP contribution in [-0.4, -0.2) is 22.4 Å². The second-order valence-electron chi connectivity index (χ2n) is 5.38. The molecular weight excluding hydrogens is 262 g/mol. The van der Waals surface area contributed by atoms with Gasteiger partial charge in [-0.05, 0) is 32.4 Å². The van der Waals surface area contributed by atoms with E-state index in [4.69, 9.17) is 16.3 Å². The van der Waals surface area contributed by atoms with Gasteiger partial charge >= 0.3 is 0 Å². The Morgan fingerprint density at radius 3 is 2.74 bits per heavy atom. The third-order valence-corrected chi connectivity index (χ3v) is 3.84. The number of benzene rings is 1. The lowest BCUT2D eigenvalue weighted by molar-refractivity contribution is 0.0123. The number of nitrogens with zero attached hydrogens (tertiary/aromatic N) is 1. The molecule has 0 spiro atoms. The number of aliphatic hydroxyl groups excluding tert-OH is 1. The van der Waals surface area contributed by atoms with Gasteiger partial charge in [0, 0.05) is 41.3 Å². The Labute approximate surface area is 118 Å². The van der Waals surface area contributed by atoms with Gasteiger partial charge in [0.2, 0.25) is 0 Å². The normalized spacial score (nSPS) is 12.3. The number of hydrogen-bond donors (Lipinski definition) is 1. The van der Waals surface area contributed by atoms with Crippen LogP contribution >= 0.6 is 11.6 Å². The number of aromatic nitrogens is 1. The van der Waals surface area contributed by atoms with Crippen molar-refractivity contribution >= 4 is 22.5 Å². The van der Waals surface area contributed by atoms with Crippen LogP contribution in [0.1, 0.15) is 25.8 Å². The van der Waals surface area contributed by atoms with Crippen LogP contribution in [0.5, 0.6) is 0 Å². The Balaban J connectivity index is 2.35. The quantitative estimate of drug-likeness (QED) is 0.909. The van der Waals surface area contributed by atoms with Crippen molar-refractivity contribution in [3.05, 3.63) is 35.0 Å². The topological polar surface area (TPSA) is 34.4 Å². The van der Waals surface area contributed by atoms with E-state index in [0.29, 0.717) is 5.02 Å². The summed E-state index contributed by atoms with van der Waals surface area (Å²) in [4.78, 5) is 0. The van der Waals surface area contributed by atoms with Gasteiger partial charge in [0.1, 0.15) is 0 Å². The molecule has 0 bridgehead atoms. The summed E-state index contributed by atoms with van der Waals surface area (Å²) in [7, 11) is 1.73. The molecule has 2 aromatic rings. The van der Waals surface area contributed by atoms with Gasteiger partial charge in [0.05, 0.1) is 12.2 Å². The van der Waals surface area contributed by atoms with Crippen molar-refractivity contribution in [1.82, 2.24) is 4.57 Å². The molecule has 1 aromatic carbocycles. The van der Waals surface area contributed by atoms with Crippen LogP contribution in [0.4, 0.5) is 0 Å². The van der Waals surface area contributed by atoms with Gasteiger partial charge in [-0.25, -0.2) is 0 Å². The lowest BCUT2D eigenvalue weighted by Crippen LogP contribution is -2.24. The first-order valence-corrected chi connectivity index (χ1v) is 6.78. The molecule has 0 amide bonds. The average Bonchev–Trinajstić information content (AvgIpc) is 2.74. The smallest absolute Gasteiger partial charge is 0.0702 e. The minimum Gasteiger partial charge on any atom is -0.392 e. The molecule has 0 aliphatic rings. The predicted octanol–water partition coefficient (Wildman–Crippen LogP) is 3.60. The fourth-order valence-electron chi connectivity index (χ4n) is 2.14. The van der Waals surface area contributed by atoms with Crippen LogP contribution in [0.3, 0.4) is 0 Å². The molecule has 104 valence electrons. The molecule has 4 heteroatoms. The number of fused-ring (bicyclic) bond motifs is 1. The van der Waals surface area contributed by atoms with E-state index in [0.717, 1.165) is 29.4 Å². The Morgan fingerprint density at radius 2 is 2.11 bits per heavy atom. The Kier molecular flexibility index (Phi) is 4.19. The molecule has 0 aliphatic heterocycles. The summed E-state index contributed by atoms with van der Waals surface area (Å²) in [5.41, 5.74) is 1.83. The zero-order valence-electron chi connectivity index (χ0n) is 11.6. The Bertz CT molecular complexity index is 575. The lowest BCUT2D eigenvalue weighted by Gasteiger charge is -2.23. The SMILES string of the molecule is COC(C)(C)CCn1cc(CO)c2ccc(Cl)cc21. The van der Waals surface area contributed by atoms with Crippen LogP contribution in [0.2, 0.25) is 5.02 Å². The van der Waals surface area contributed by atoms with E-state index < -0.39 is 0 Å². The molecule has 0 radical (unpaired) electrons. The first kappa shape index (κ1) is 14.4. The van der Waals surface area contributed by atoms with Gasteiger partial charge in [-0.1, -0.05) is 17.7 Å². The summed E-state index contributed by atoms with van der Waals surface area (Å²) in [6.07, 6.45) is 2.89. The number of aliphatic hydroxyl groups is 1. The van der Waals surface area contributed by atoms with E-state index in [9.17, 15) is 5.11 Å². The Hall–Kier alpha value is -1.03. The second-order valence-corrected chi connectivity index (χ2v) is 5.82. The summed E-state index contributed by atoms with van der Waals surface area (Å²) in [6.45, 7) is 5.01. The third-order valence-electron chi connectivity index (χ3n) is 3.60. The molecule has 0 fully saturated rings. The predicted molar refractivity (Wildman–Crippen MR) is 78.6 cm³/mol. The summed E-state index contributed by atoms with van der Waals surface area (Å²) < 4.78 is 7.57. The number of rotatable bonds is 5. The van der Waals surface area contributed by atoms with Gasteiger partial charge in [0.25, 0.3) is 0 Å². The number of ether oxygens (including phenoxy) is 1. The zero-order chi connectivity index (χ0) is 14.0. The molecule has 1 heterocycles. The van der Waals surface area contributed by atoms with E-state index in [1.807, 2.05) is 24.4 Å². The van der Waals surface area contributed by atoms with E-state index in [-0.39, 0.29) is 12.2 Å². The maximum Gasteiger partial charge on any atom is 0.0702 e. The number of aryl methyl sites for hydroxylation is 1. The average molecular weight is 282 g/mol. The number of halogens is 1. The van der Waals surface area contributed by atoms with E-state index in [2.05, 4.69) is 18.4 Å². The molecule has 0 aliphatic carbocycles. The van der Waals surface area contributed by atoms with E-state index >= 15 is 0 Å². The summed E-state index contributed by atoms with van der Waals surface area (Å²) >= 11 is 6.06. The molecule has 2 rings (SSSR count). The van der Waals surface area contributed by atoms with Crippen molar-refractivity contribution in [3.8, 4) is 0 Å². The highest BCUT2D eigenvalue weighted by molar-refractivity contribution is 6.31. The third kappa shape index (κ3) is 3.11. The maximum atomic E-state index is 9.42. The highest BCUT2D eigenvalue weighted by Crippen LogP contribution is 2.26. The van der Waals surface area contributed by atoms with E-state index in [1.165, 1.54) is 0 Å². The second kappa shape index (κ2) is 5.53. The molecule has 1 aromatic heterocycles. The molecular formula is C15H20ClNO2. The van der Waals surface area contributed by atoms with Gasteiger partial charge in [-0.15, -0.1) is 0 Å². The van der Waals surface area contributed by atoms with Gasteiger partial charge < -0.3 is 14.4 Å². The van der Waals surface area contributed by atoms with Crippen molar-refractivity contribution < 1.29 is 9.84 Å². The summed E-state index contributed by atoms with van der Waals surface area (Å²) in [5, 5.41) is 11.2. The number of methoxy groups -OCH3 is 1. The van der Waals surface area contributed by atoms with Crippen molar-refractivity contribution in [2.45, 2.75) is 39.0 Å². The number of hydrogen-bond acceptors (Lipinski definition) is 2. The van der Waals surface area contributed by atoms with Crippen molar-refractivity contribution in [3.63, 3.8) is 0 Å². The molecule has 1 N–H and O–H groups in total. The molecule has 0 saturated heterocycles. The van der Waals surface area contributed by atoms with Crippen LogP contribution in [0, 0.1) is 0 Å². The van der Waals surface area contributed by atoms with Gasteiger partial charge in [-0.2, -0.15) is 0 Å². The van der Waals surface area contributed by atoms with Crippen molar-refractivity contribution in [1.29, 1.82) is 0 Å². The van der Waals surface area contributed by atoms with E-state index in [1.54, 1.807) is 7.11 Å². The minimum absolute atomic E-state index is 0.0405. The summed E-state index contributed by atoms with van der Waals surface area (Å²) in [6, 6.07) is 5.75. The molecule has 19 heavy (non-hydrogen) atoms. The molecule has 3 nitrogen and oxygen atoms in total. The standard InChI is InChI=1S/C15H20ClNO2/c1-15(2,19-3)6-7-17-9-11(10-18)13-5-4-12(16)8-14(13)17/h4-5,8-9,18H,6-7,10H2,1-3H3. The highest BCUT2D eigenvalue weighted by atomic mass is 35.5. The summed E-state index contributed by atoms with van der Waals surface area (Å²) in [5.74, 6) is 0. The van der Waals surface area contributed by atoms with Crippen LogP contribution in [-0.2, 0) is 17.9 Å². The molecule has 0 unspecified atom stereocenters. The highest BCUT2D eigenvalue weighted by Gasteiger charge is 2.17. The van der Waals surface area contributed by atoms with Crippen LogP contribution in [0.25, 0.3) is 10.9 Å². The fourth-order valence-corrected chi connectivity index (χ4v) is 2.31. The molecule has 0 atom stereocenters. The van der Waals surface area contributed by atoms with Crippen LogP contribution < -0.4 is 0 Å². The lowest BCUT2D eigenvalue weighted by atomic mass is 10.1. The monoisotopic (exact) mass is 281 g/mol. The molecule has 0 saturated carbocycles. The first-order chi connectivity index (χ1) is 8.96. The zero-order valence-corrected chi connectivity index (χ0v) is 12.4. The van der Waals surface area contributed by atoms with Gasteiger partial charge in [-0.3, -0.25) is 0 Å². The van der Waals surface area contributed by atoms with Crippen LogP contribution in [0.15, 0.2) is 24.4 Å². The van der Waals surface area contributed by atoms with Crippen molar-refractivity contribution in [2.75, 3.05) is 7.11 Å². The first-order valence-electron chi connectivity index (χ1n) is 6.40. The minimum atomic E-state index is -0.158.